The third kappa shape index (κ3) is 2.31. The molecule has 4 aliphatic rings. The molecule has 1 aromatic carbocycles. The predicted octanol–water partition coefficient (Wildman–Crippen LogP) is 6.30. The summed E-state index contributed by atoms with van der Waals surface area (Å²) in [5.41, 5.74) is 3.55. The molecule has 0 aromatic heterocycles. The molecular formula is C25H32O. The summed E-state index contributed by atoms with van der Waals surface area (Å²) < 4.78 is 0. The zero-order chi connectivity index (χ0) is 17.9. The van der Waals surface area contributed by atoms with Gasteiger partial charge in [-0.2, -0.15) is 0 Å². The number of carbonyl (C=O) groups excluding carboxylic acids is 1. The molecule has 0 bridgehead atoms. The zero-order valence-electron chi connectivity index (χ0n) is 16.3. The van der Waals surface area contributed by atoms with E-state index in [2.05, 4.69) is 50.3 Å². The molecule has 1 heteroatoms. The largest absolute Gasteiger partial charge is 0.294 e. The van der Waals surface area contributed by atoms with E-state index >= 15 is 0 Å². The summed E-state index contributed by atoms with van der Waals surface area (Å²) in [6, 6.07) is 10.5. The lowest BCUT2D eigenvalue weighted by atomic mass is 9.46. The lowest BCUT2D eigenvalue weighted by molar-refractivity contribution is -0.119. The van der Waals surface area contributed by atoms with Crippen LogP contribution in [-0.2, 0) is 4.79 Å². The number of hydrogen-bond donors (Lipinski definition) is 0. The van der Waals surface area contributed by atoms with Gasteiger partial charge in [0.05, 0.1) is 0 Å². The van der Waals surface area contributed by atoms with E-state index in [0.29, 0.717) is 11.2 Å². The van der Waals surface area contributed by atoms with Gasteiger partial charge in [-0.3, -0.25) is 4.79 Å². The molecule has 1 aromatic rings. The molecule has 3 saturated carbocycles. The van der Waals surface area contributed by atoms with Crippen LogP contribution in [-0.4, -0.2) is 5.78 Å². The van der Waals surface area contributed by atoms with Crippen LogP contribution in [0.15, 0.2) is 42.0 Å². The summed E-state index contributed by atoms with van der Waals surface area (Å²) >= 11 is 0. The van der Waals surface area contributed by atoms with Gasteiger partial charge in [-0.1, -0.05) is 56.2 Å². The van der Waals surface area contributed by atoms with Crippen molar-refractivity contribution < 1.29 is 4.79 Å². The number of allylic oxidation sites excluding steroid dienone is 1. The van der Waals surface area contributed by atoms with E-state index < -0.39 is 0 Å². The van der Waals surface area contributed by atoms with Crippen molar-refractivity contribution in [2.24, 2.45) is 28.6 Å². The van der Waals surface area contributed by atoms with E-state index in [0.717, 1.165) is 30.6 Å². The van der Waals surface area contributed by atoms with Crippen molar-refractivity contribution in [2.45, 2.75) is 71.1 Å². The van der Waals surface area contributed by atoms with Crippen LogP contribution >= 0.6 is 0 Å². The average Bonchev–Trinajstić information content (AvgIpc) is 3.04. The van der Waals surface area contributed by atoms with Crippen molar-refractivity contribution in [2.75, 3.05) is 0 Å². The van der Waals surface area contributed by atoms with Gasteiger partial charge >= 0.3 is 0 Å². The van der Waals surface area contributed by atoms with Crippen LogP contribution in [0.4, 0.5) is 0 Å². The van der Waals surface area contributed by atoms with E-state index in [1.54, 1.807) is 0 Å². The molecule has 0 radical (unpaired) electrons. The van der Waals surface area contributed by atoms with Crippen molar-refractivity contribution in [3.8, 4) is 0 Å². The molecule has 0 amide bonds. The minimum Gasteiger partial charge on any atom is -0.294 e. The van der Waals surface area contributed by atoms with Crippen LogP contribution in [0.25, 0.3) is 0 Å². The minimum absolute atomic E-state index is 0.0700. The van der Waals surface area contributed by atoms with Gasteiger partial charge < -0.3 is 0 Å². The van der Waals surface area contributed by atoms with E-state index in [4.69, 9.17) is 0 Å². The SMILES string of the molecule is C[C@@]12CCC[C@H]1[C@@H]1CCC3=CC(=O)C(c4ccccc4)C[C@]3(C)[C@H]1CC2. The normalized spacial score (nSPS) is 44.7. The number of benzene rings is 1. The second kappa shape index (κ2) is 5.81. The quantitative estimate of drug-likeness (QED) is 0.582. The number of hydrogen-bond acceptors (Lipinski definition) is 1. The predicted molar refractivity (Wildman–Crippen MR) is 106 cm³/mol. The van der Waals surface area contributed by atoms with E-state index in [-0.39, 0.29) is 11.3 Å². The first kappa shape index (κ1) is 16.8. The fourth-order valence-corrected chi connectivity index (χ4v) is 7.60. The van der Waals surface area contributed by atoms with Gasteiger partial charge in [-0.15, -0.1) is 0 Å². The molecule has 1 unspecified atom stereocenters. The highest BCUT2D eigenvalue weighted by Gasteiger charge is 2.57. The Hall–Kier alpha value is -1.37. The maximum absolute atomic E-state index is 12.9. The smallest absolute Gasteiger partial charge is 0.163 e. The Balaban J connectivity index is 1.51. The molecule has 6 atom stereocenters. The van der Waals surface area contributed by atoms with Gasteiger partial charge in [-0.05, 0) is 85.2 Å². The Morgan fingerprint density at radius 3 is 2.58 bits per heavy atom. The Morgan fingerprint density at radius 2 is 1.77 bits per heavy atom. The maximum atomic E-state index is 12.9. The lowest BCUT2D eigenvalue weighted by Crippen LogP contribution is -2.50. The molecule has 0 saturated heterocycles. The van der Waals surface area contributed by atoms with Crippen LogP contribution in [0.2, 0.25) is 0 Å². The van der Waals surface area contributed by atoms with Crippen molar-refractivity contribution in [3.63, 3.8) is 0 Å². The Morgan fingerprint density at radius 1 is 0.962 bits per heavy atom. The highest BCUT2D eigenvalue weighted by Crippen LogP contribution is 2.66. The first-order chi connectivity index (χ1) is 12.5. The molecular weight excluding hydrogens is 316 g/mol. The summed E-state index contributed by atoms with van der Waals surface area (Å²) in [6.07, 6.45) is 12.7. The molecule has 1 nitrogen and oxygen atoms in total. The fourth-order valence-electron chi connectivity index (χ4n) is 7.60. The standard InChI is InChI=1S/C25H32O/c1-24-13-6-9-21(24)19-11-10-18-15-23(26)20(17-7-4-3-5-8-17)16-25(18,2)22(19)12-14-24/h3-5,7-8,15,19-22H,6,9-14,16H2,1-2H3/t19-,20?,21-,22-,24-,25-/m0/s1. The molecule has 0 N–H and O–H groups in total. The van der Waals surface area contributed by atoms with Crippen LogP contribution in [0.1, 0.15) is 76.7 Å². The Kier molecular flexibility index (Phi) is 3.75. The topological polar surface area (TPSA) is 17.1 Å². The van der Waals surface area contributed by atoms with Crippen molar-refractivity contribution in [1.82, 2.24) is 0 Å². The number of ketones is 1. The monoisotopic (exact) mass is 348 g/mol. The summed E-state index contributed by atoms with van der Waals surface area (Å²) in [4.78, 5) is 12.9. The maximum Gasteiger partial charge on any atom is 0.163 e. The Bertz CT molecular complexity index is 747. The summed E-state index contributed by atoms with van der Waals surface area (Å²) in [6.45, 7) is 5.08. The Labute approximate surface area is 158 Å². The molecule has 26 heavy (non-hydrogen) atoms. The highest BCUT2D eigenvalue weighted by molar-refractivity contribution is 5.97. The number of rotatable bonds is 1. The van der Waals surface area contributed by atoms with Crippen molar-refractivity contribution >= 4 is 5.78 Å². The molecule has 4 aliphatic carbocycles. The lowest BCUT2D eigenvalue weighted by Gasteiger charge is -2.58. The molecule has 0 heterocycles. The zero-order valence-corrected chi connectivity index (χ0v) is 16.3. The van der Waals surface area contributed by atoms with E-state index in [1.807, 2.05) is 0 Å². The van der Waals surface area contributed by atoms with Gasteiger partial charge in [-0.25, -0.2) is 0 Å². The minimum atomic E-state index is 0.0700. The van der Waals surface area contributed by atoms with Crippen molar-refractivity contribution in [1.29, 1.82) is 0 Å². The van der Waals surface area contributed by atoms with Crippen LogP contribution in [0, 0.1) is 28.6 Å². The van der Waals surface area contributed by atoms with Crippen LogP contribution in [0.5, 0.6) is 0 Å². The van der Waals surface area contributed by atoms with Crippen LogP contribution in [0.3, 0.4) is 0 Å². The fraction of sp³-hybridized carbons (Fsp3) is 0.640. The second-order valence-electron chi connectivity index (χ2n) is 10.2. The van der Waals surface area contributed by atoms with Gasteiger partial charge in [0.15, 0.2) is 5.78 Å². The van der Waals surface area contributed by atoms with E-state index in [9.17, 15) is 4.79 Å². The van der Waals surface area contributed by atoms with Gasteiger partial charge in [0.1, 0.15) is 0 Å². The first-order valence-corrected chi connectivity index (χ1v) is 10.8. The second-order valence-corrected chi connectivity index (χ2v) is 10.2. The molecule has 138 valence electrons. The molecule has 0 spiro atoms. The van der Waals surface area contributed by atoms with Gasteiger partial charge in [0.2, 0.25) is 0 Å². The highest BCUT2D eigenvalue weighted by atomic mass is 16.1. The third-order valence-electron chi connectivity index (χ3n) is 9.01. The third-order valence-corrected chi connectivity index (χ3v) is 9.01. The number of fused-ring (bicyclic) bond motifs is 5. The molecule has 0 aliphatic heterocycles. The van der Waals surface area contributed by atoms with Gasteiger partial charge in [0, 0.05) is 5.92 Å². The van der Waals surface area contributed by atoms with E-state index in [1.165, 1.54) is 49.7 Å². The van der Waals surface area contributed by atoms with Gasteiger partial charge in [0.25, 0.3) is 0 Å². The summed E-state index contributed by atoms with van der Waals surface area (Å²) in [5.74, 6) is 3.04. The van der Waals surface area contributed by atoms with Crippen molar-refractivity contribution in [3.05, 3.63) is 47.5 Å². The number of carbonyl (C=O) groups is 1. The average molecular weight is 349 g/mol. The molecule has 3 fully saturated rings. The summed E-state index contributed by atoms with van der Waals surface area (Å²) in [5, 5.41) is 0. The molecule has 5 rings (SSSR count). The van der Waals surface area contributed by atoms with Crippen LogP contribution < -0.4 is 0 Å². The summed E-state index contributed by atoms with van der Waals surface area (Å²) in [7, 11) is 0. The first-order valence-electron chi connectivity index (χ1n) is 10.8.